The van der Waals surface area contributed by atoms with Gasteiger partial charge in [0.1, 0.15) is 6.10 Å². The third kappa shape index (κ3) is 3.76. The van der Waals surface area contributed by atoms with Crippen molar-refractivity contribution >= 4 is 24.7 Å². The summed E-state index contributed by atoms with van der Waals surface area (Å²) in [4.78, 5) is 11.7. The molecule has 1 heterocycles. The van der Waals surface area contributed by atoms with Gasteiger partial charge in [0.05, 0.1) is 6.61 Å². The lowest BCUT2D eigenvalue weighted by Crippen LogP contribution is -2.67. The lowest BCUT2D eigenvalue weighted by atomic mass is 10.1. The van der Waals surface area contributed by atoms with Gasteiger partial charge >= 0.3 is 5.97 Å². The number of cyclic esters (lactones) is 1. The van der Waals surface area contributed by atoms with Crippen LogP contribution in [0.1, 0.15) is 40.0 Å². The fraction of sp³-hybridized carbons (Fsp3) is 0.409. The summed E-state index contributed by atoms with van der Waals surface area (Å²) in [6.45, 7) is 7.23. The molecule has 3 nitrogen and oxygen atoms in total. The number of carbonyl (C=O) groups excluding carboxylic acids is 1. The molecule has 1 aliphatic heterocycles. The van der Waals surface area contributed by atoms with Crippen LogP contribution in [0.2, 0.25) is 5.04 Å². The third-order valence-electron chi connectivity index (χ3n) is 5.11. The summed E-state index contributed by atoms with van der Waals surface area (Å²) in [6, 6.07) is 21.1. The van der Waals surface area contributed by atoms with E-state index in [0.29, 0.717) is 13.0 Å². The summed E-state index contributed by atoms with van der Waals surface area (Å²) in [6.07, 6.45) is 2.14. The fourth-order valence-electron chi connectivity index (χ4n) is 3.87. The highest BCUT2D eigenvalue weighted by Gasteiger charge is 2.50. The monoisotopic (exact) mass is 368 g/mol. The summed E-state index contributed by atoms with van der Waals surface area (Å²) >= 11 is 0. The minimum Gasteiger partial charge on any atom is -0.460 e. The number of carbonyl (C=O) groups is 1. The number of ether oxygens (including phenoxy) is 1. The van der Waals surface area contributed by atoms with E-state index in [1.807, 2.05) is 12.1 Å². The second kappa shape index (κ2) is 7.76. The Kier molecular flexibility index (Phi) is 5.63. The molecule has 0 amide bonds. The van der Waals surface area contributed by atoms with Gasteiger partial charge in [-0.25, -0.2) is 0 Å². The van der Waals surface area contributed by atoms with Gasteiger partial charge in [-0.1, -0.05) is 81.4 Å². The lowest BCUT2D eigenvalue weighted by molar-refractivity contribution is -0.155. The first-order valence-corrected chi connectivity index (χ1v) is 11.3. The zero-order valence-electron chi connectivity index (χ0n) is 15.9. The molecule has 1 aliphatic rings. The van der Waals surface area contributed by atoms with Crippen molar-refractivity contribution in [2.45, 2.75) is 51.2 Å². The Morgan fingerprint density at radius 2 is 1.54 bits per heavy atom. The molecule has 138 valence electrons. The average Bonchev–Trinajstić information content (AvgIpc) is 2.63. The van der Waals surface area contributed by atoms with Crippen molar-refractivity contribution < 1.29 is 14.0 Å². The fourth-order valence-corrected chi connectivity index (χ4v) is 8.47. The van der Waals surface area contributed by atoms with E-state index in [1.165, 1.54) is 10.4 Å². The van der Waals surface area contributed by atoms with Crippen LogP contribution < -0.4 is 10.4 Å². The maximum atomic E-state index is 11.7. The van der Waals surface area contributed by atoms with Gasteiger partial charge < -0.3 is 9.16 Å². The van der Waals surface area contributed by atoms with E-state index < -0.39 is 8.32 Å². The minimum absolute atomic E-state index is 0.0611. The van der Waals surface area contributed by atoms with Crippen molar-refractivity contribution in [2.75, 3.05) is 6.61 Å². The van der Waals surface area contributed by atoms with Crippen LogP contribution in [0.4, 0.5) is 0 Å². The first-order valence-electron chi connectivity index (χ1n) is 9.38. The van der Waals surface area contributed by atoms with Crippen molar-refractivity contribution in [3.05, 3.63) is 60.7 Å². The maximum absolute atomic E-state index is 11.7. The van der Waals surface area contributed by atoms with E-state index >= 15 is 0 Å². The highest BCUT2D eigenvalue weighted by molar-refractivity contribution is 6.99. The molecule has 0 spiro atoms. The van der Waals surface area contributed by atoms with E-state index in [-0.39, 0.29) is 17.1 Å². The molecule has 0 N–H and O–H groups in total. The zero-order chi connectivity index (χ0) is 18.6. The lowest BCUT2D eigenvalue weighted by Gasteiger charge is -2.43. The van der Waals surface area contributed by atoms with Gasteiger partial charge in [0.25, 0.3) is 8.32 Å². The average molecular weight is 369 g/mol. The van der Waals surface area contributed by atoms with Gasteiger partial charge in [0.2, 0.25) is 0 Å². The van der Waals surface area contributed by atoms with Crippen LogP contribution in [-0.2, 0) is 14.0 Å². The summed E-state index contributed by atoms with van der Waals surface area (Å²) in [5, 5.41) is 2.44. The van der Waals surface area contributed by atoms with Crippen molar-refractivity contribution in [3.8, 4) is 0 Å². The Morgan fingerprint density at radius 1 is 1.00 bits per heavy atom. The Morgan fingerprint density at radius 3 is 2.00 bits per heavy atom. The van der Waals surface area contributed by atoms with Crippen molar-refractivity contribution in [2.24, 2.45) is 0 Å². The van der Waals surface area contributed by atoms with Crippen LogP contribution >= 0.6 is 0 Å². The molecule has 1 fully saturated rings. The molecule has 0 aliphatic carbocycles. The SMILES string of the molecule is CC(C)(C)[Si](OCC1CCCC(=O)O1)(c1ccccc1)c1ccccc1. The molecule has 26 heavy (non-hydrogen) atoms. The Hall–Kier alpha value is -1.91. The normalized spacial score (nSPS) is 18.4. The zero-order valence-corrected chi connectivity index (χ0v) is 16.9. The smallest absolute Gasteiger partial charge is 0.306 e. The molecular weight excluding hydrogens is 340 g/mol. The summed E-state index contributed by atoms with van der Waals surface area (Å²) in [7, 11) is -2.55. The van der Waals surface area contributed by atoms with Crippen LogP contribution in [0.3, 0.4) is 0 Å². The number of hydrogen-bond donors (Lipinski definition) is 0. The number of benzene rings is 2. The topological polar surface area (TPSA) is 35.5 Å². The standard InChI is InChI=1S/C22H28O3Si/c1-22(2,3)26(19-12-6-4-7-13-19,20-14-8-5-9-15-20)24-17-18-11-10-16-21(23)25-18/h4-9,12-15,18H,10-11,16-17H2,1-3H3. The van der Waals surface area contributed by atoms with Crippen molar-refractivity contribution in [1.29, 1.82) is 0 Å². The summed E-state index contributed by atoms with van der Waals surface area (Å²) in [5.41, 5.74) is 0. The molecule has 2 aromatic rings. The van der Waals surface area contributed by atoms with Crippen LogP contribution in [0.15, 0.2) is 60.7 Å². The second-order valence-electron chi connectivity index (χ2n) is 7.98. The third-order valence-corrected chi connectivity index (χ3v) is 10.1. The first kappa shape index (κ1) is 18.9. The number of rotatable bonds is 5. The first-order chi connectivity index (χ1) is 12.4. The van der Waals surface area contributed by atoms with Gasteiger partial charge in [0.15, 0.2) is 0 Å². The predicted molar refractivity (Wildman–Crippen MR) is 107 cm³/mol. The number of hydrogen-bond acceptors (Lipinski definition) is 3. The highest BCUT2D eigenvalue weighted by Crippen LogP contribution is 2.37. The second-order valence-corrected chi connectivity index (χ2v) is 12.3. The van der Waals surface area contributed by atoms with Crippen molar-refractivity contribution in [3.63, 3.8) is 0 Å². The van der Waals surface area contributed by atoms with Gasteiger partial charge in [-0.3, -0.25) is 4.79 Å². The molecule has 1 unspecified atom stereocenters. The molecule has 0 aromatic heterocycles. The quantitative estimate of drug-likeness (QED) is 0.597. The molecule has 2 aromatic carbocycles. The van der Waals surface area contributed by atoms with Crippen LogP contribution in [-0.4, -0.2) is 27.0 Å². The van der Waals surface area contributed by atoms with E-state index in [1.54, 1.807) is 0 Å². The number of esters is 1. The summed E-state index contributed by atoms with van der Waals surface area (Å²) in [5.74, 6) is -0.104. The minimum atomic E-state index is -2.55. The molecule has 1 atom stereocenters. The van der Waals surface area contributed by atoms with Crippen molar-refractivity contribution in [1.82, 2.24) is 0 Å². The maximum Gasteiger partial charge on any atom is 0.306 e. The van der Waals surface area contributed by atoms with Gasteiger partial charge in [0, 0.05) is 6.42 Å². The molecular formula is C22H28O3Si. The van der Waals surface area contributed by atoms with E-state index in [0.717, 1.165) is 12.8 Å². The Bertz CT molecular complexity index is 683. The molecule has 3 rings (SSSR count). The van der Waals surface area contributed by atoms with E-state index in [9.17, 15) is 4.79 Å². The molecule has 0 bridgehead atoms. The summed E-state index contributed by atoms with van der Waals surface area (Å²) < 4.78 is 12.3. The molecule has 0 radical (unpaired) electrons. The van der Waals surface area contributed by atoms with Crippen LogP contribution in [0, 0.1) is 0 Å². The Balaban J connectivity index is 2.01. The predicted octanol–water partition coefficient (Wildman–Crippen LogP) is 3.66. The van der Waals surface area contributed by atoms with E-state index in [4.69, 9.17) is 9.16 Å². The van der Waals surface area contributed by atoms with Gasteiger partial charge in [-0.2, -0.15) is 0 Å². The molecule has 4 heteroatoms. The van der Waals surface area contributed by atoms with Gasteiger partial charge in [-0.05, 0) is 28.3 Å². The van der Waals surface area contributed by atoms with Crippen LogP contribution in [0.25, 0.3) is 0 Å². The van der Waals surface area contributed by atoms with E-state index in [2.05, 4.69) is 69.3 Å². The molecule has 1 saturated heterocycles. The van der Waals surface area contributed by atoms with Gasteiger partial charge in [-0.15, -0.1) is 0 Å². The largest absolute Gasteiger partial charge is 0.460 e. The van der Waals surface area contributed by atoms with Crippen LogP contribution in [0.5, 0.6) is 0 Å². The molecule has 0 saturated carbocycles. The highest BCUT2D eigenvalue weighted by atomic mass is 28.4. The Labute approximate surface area is 157 Å².